The smallest absolute Gasteiger partial charge is 0.303 e. The van der Waals surface area contributed by atoms with Crippen molar-refractivity contribution in [2.24, 2.45) is 17.8 Å². The number of aromatic nitrogens is 2. The Morgan fingerprint density at radius 1 is 1.35 bits per heavy atom. The van der Waals surface area contributed by atoms with Gasteiger partial charge in [0.1, 0.15) is 11.5 Å². The second kappa shape index (κ2) is 5.00. The molecule has 124 valence electrons. The molecule has 8 heteroatoms. The van der Waals surface area contributed by atoms with Crippen molar-refractivity contribution in [2.75, 3.05) is 18.0 Å². The number of carboxylic acid groups (broad SMARTS) is 1. The van der Waals surface area contributed by atoms with Crippen LogP contribution in [0.15, 0.2) is 0 Å². The van der Waals surface area contributed by atoms with Crippen molar-refractivity contribution in [3.63, 3.8) is 0 Å². The molecule has 1 N–H and O–H groups in total. The number of rotatable bonds is 3. The summed E-state index contributed by atoms with van der Waals surface area (Å²) in [6.45, 7) is 1.32. The summed E-state index contributed by atoms with van der Waals surface area (Å²) in [5.41, 5.74) is 0.267. The Morgan fingerprint density at radius 3 is 2.70 bits per heavy atom. The lowest BCUT2D eigenvalue weighted by Crippen LogP contribution is -2.31. The highest BCUT2D eigenvalue weighted by Gasteiger charge is 2.56. The monoisotopic (exact) mass is 343 g/mol. The summed E-state index contributed by atoms with van der Waals surface area (Å²) in [5, 5.41) is 8.73. The van der Waals surface area contributed by atoms with Gasteiger partial charge in [0.15, 0.2) is 0 Å². The molecule has 1 saturated heterocycles. The lowest BCUT2D eigenvalue weighted by Gasteiger charge is -2.29. The Balaban J connectivity index is 1.60. The molecule has 3 atom stereocenters. The van der Waals surface area contributed by atoms with Gasteiger partial charge in [-0.25, -0.2) is 9.97 Å². The quantitative estimate of drug-likeness (QED) is 0.855. The maximum absolute atomic E-state index is 14.1. The first-order chi connectivity index (χ1) is 10.9. The van der Waals surface area contributed by atoms with Crippen LogP contribution in [0.3, 0.4) is 0 Å². The van der Waals surface area contributed by atoms with E-state index in [2.05, 4.69) is 9.97 Å². The first-order valence-electron chi connectivity index (χ1n) is 7.78. The predicted octanol–water partition coefficient (Wildman–Crippen LogP) is 2.72. The summed E-state index contributed by atoms with van der Waals surface area (Å²) >= 11 is 5.87. The minimum atomic E-state index is -2.95. The zero-order valence-corrected chi connectivity index (χ0v) is 13.1. The van der Waals surface area contributed by atoms with Crippen molar-refractivity contribution < 1.29 is 18.7 Å². The van der Waals surface area contributed by atoms with E-state index >= 15 is 0 Å². The first-order valence-corrected chi connectivity index (χ1v) is 8.16. The van der Waals surface area contributed by atoms with Crippen molar-refractivity contribution in [1.82, 2.24) is 9.97 Å². The fourth-order valence-corrected chi connectivity index (χ4v) is 4.34. The lowest BCUT2D eigenvalue weighted by atomic mass is 9.93. The van der Waals surface area contributed by atoms with Crippen LogP contribution in [0.2, 0.25) is 5.28 Å². The van der Waals surface area contributed by atoms with E-state index in [1.54, 1.807) is 0 Å². The van der Waals surface area contributed by atoms with E-state index < -0.39 is 11.9 Å². The van der Waals surface area contributed by atoms with Crippen molar-refractivity contribution in [3.8, 4) is 0 Å². The topological polar surface area (TPSA) is 66.3 Å². The molecule has 2 fully saturated rings. The standard InChI is InChI=1S/C15H16ClF2N3O2/c16-14-19-12-7(2-1-3-15(12,17)18)13(20-14)21-5-9-8(4-11(22)23)10(9)6-21/h8-10H,1-6H2,(H,22,23)/t8-,9+,10-. The van der Waals surface area contributed by atoms with Gasteiger partial charge in [0.2, 0.25) is 5.28 Å². The lowest BCUT2D eigenvalue weighted by molar-refractivity contribution is -0.137. The molecule has 0 bridgehead atoms. The van der Waals surface area contributed by atoms with Crippen LogP contribution in [-0.2, 0) is 17.1 Å². The number of aliphatic carboxylic acids is 1. The average Bonchev–Trinajstić information content (AvgIpc) is 2.92. The molecule has 23 heavy (non-hydrogen) atoms. The molecule has 5 nitrogen and oxygen atoms in total. The normalized spacial score (nSPS) is 30.7. The molecule has 2 aliphatic carbocycles. The number of fused-ring (bicyclic) bond motifs is 2. The van der Waals surface area contributed by atoms with Crippen LogP contribution in [0, 0.1) is 17.8 Å². The summed E-state index contributed by atoms with van der Waals surface area (Å²) < 4.78 is 28.2. The van der Waals surface area contributed by atoms with Crippen LogP contribution < -0.4 is 4.90 Å². The van der Waals surface area contributed by atoms with E-state index in [1.807, 2.05) is 4.90 Å². The van der Waals surface area contributed by atoms with Gasteiger partial charge in [0.25, 0.3) is 5.92 Å². The zero-order valence-electron chi connectivity index (χ0n) is 12.3. The van der Waals surface area contributed by atoms with Crippen LogP contribution in [0.1, 0.15) is 30.5 Å². The van der Waals surface area contributed by atoms with Gasteiger partial charge in [-0.3, -0.25) is 4.79 Å². The third-order valence-electron chi connectivity index (χ3n) is 5.30. The Labute approximate surface area is 136 Å². The minimum absolute atomic E-state index is 0.150. The molecule has 0 amide bonds. The fourth-order valence-electron chi connectivity index (χ4n) is 4.17. The zero-order chi connectivity index (χ0) is 16.4. The molecule has 1 aromatic rings. The third-order valence-corrected chi connectivity index (χ3v) is 5.47. The highest BCUT2D eigenvalue weighted by Crippen LogP contribution is 2.55. The van der Waals surface area contributed by atoms with Crippen molar-refractivity contribution in [3.05, 3.63) is 16.5 Å². The number of alkyl halides is 2. The molecule has 1 aliphatic heterocycles. The number of halogens is 3. The summed E-state index contributed by atoms with van der Waals surface area (Å²) in [7, 11) is 0. The summed E-state index contributed by atoms with van der Waals surface area (Å²) in [6.07, 6.45) is 0.907. The number of hydrogen-bond acceptors (Lipinski definition) is 4. The molecule has 4 rings (SSSR count). The largest absolute Gasteiger partial charge is 0.481 e. The van der Waals surface area contributed by atoms with Gasteiger partial charge in [0, 0.05) is 31.5 Å². The molecule has 3 aliphatic rings. The molecule has 0 unspecified atom stereocenters. The van der Waals surface area contributed by atoms with E-state index in [4.69, 9.17) is 16.7 Å². The molecule has 0 aromatic carbocycles. The molecule has 1 aromatic heterocycles. The molecule has 0 radical (unpaired) electrons. The summed E-state index contributed by atoms with van der Waals surface area (Å²) in [5.74, 6) is -2.38. The number of hydrogen-bond donors (Lipinski definition) is 1. The maximum Gasteiger partial charge on any atom is 0.303 e. The molecule has 1 saturated carbocycles. The van der Waals surface area contributed by atoms with E-state index in [0.717, 1.165) is 0 Å². The van der Waals surface area contributed by atoms with Crippen molar-refractivity contribution in [1.29, 1.82) is 0 Å². The Hall–Kier alpha value is -1.50. The van der Waals surface area contributed by atoms with E-state index in [-0.39, 0.29) is 29.7 Å². The molecule has 2 heterocycles. The van der Waals surface area contributed by atoms with Gasteiger partial charge in [0.05, 0.1) is 0 Å². The highest BCUT2D eigenvalue weighted by atomic mass is 35.5. The first kappa shape index (κ1) is 15.1. The van der Waals surface area contributed by atoms with Crippen LogP contribution in [-0.4, -0.2) is 34.1 Å². The number of carbonyl (C=O) groups is 1. The second-order valence-electron chi connectivity index (χ2n) is 6.70. The van der Waals surface area contributed by atoms with Gasteiger partial charge in [-0.2, -0.15) is 8.78 Å². The Bertz CT molecular complexity index is 673. The highest BCUT2D eigenvalue weighted by molar-refractivity contribution is 6.28. The molecular weight excluding hydrogens is 328 g/mol. The van der Waals surface area contributed by atoms with Crippen molar-refractivity contribution >= 4 is 23.4 Å². The fraction of sp³-hybridized carbons (Fsp3) is 0.667. The SMILES string of the molecule is O=C(O)C[C@H]1[C@H]2CN(c3nc(Cl)nc4c3CCCC4(F)F)C[C@@H]12. The number of piperidine rings is 1. The summed E-state index contributed by atoms with van der Waals surface area (Å²) in [6, 6.07) is 0. The van der Waals surface area contributed by atoms with Crippen molar-refractivity contribution in [2.45, 2.75) is 31.6 Å². The van der Waals surface area contributed by atoms with E-state index in [9.17, 15) is 13.6 Å². The van der Waals surface area contributed by atoms with Gasteiger partial charge in [-0.05, 0) is 42.2 Å². The van der Waals surface area contributed by atoms with Crippen LogP contribution in [0.5, 0.6) is 0 Å². The molecular formula is C15H16ClF2N3O2. The Kier molecular flexibility index (Phi) is 3.27. The second-order valence-corrected chi connectivity index (χ2v) is 7.03. The minimum Gasteiger partial charge on any atom is -0.481 e. The van der Waals surface area contributed by atoms with Crippen LogP contribution >= 0.6 is 11.6 Å². The van der Waals surface area contributed by atoms with Gasteiger partial charge >= 0.3 is 5.97 Å². The number of nitrogens with zero attached hydrogens (tertiary/aromatic N) is 3. The third kappa shape index (κ3) is 2.45. The number of anilines is 1. The Morgan fingerprint density at radius 2 is 2.04 bits per heavy atom. The van der Waals surface area contributed by atoms with Gasteiger partial charge in [-0.1, -0.05) is 0 Å². The summed E-state index contributed by atoms with van der Waals surface area (Å²) in [4.78, 5) is 20.8. The van der Waals surface area contributed by atoms with E-state index in [1.165, 1.54) is 0 Å². The van der Waals surface area contributed by atoms with Crippen LogP contribution in [0.4, 0.5) is 14.6 Å². The van der Waals surface area contributed by atoms with E-state index in [0.29, 0.717) is 49.1 Å². The average molecular weight is 344 g/mol. The van der Waals surface area contributed by atoms with Gasteiger partial charge < -0.3 is 10.0 Å². The maximum atomic E-state index is 14.1. The molecule has 0 spiro atoms. The van der Waals surface area contributed by atoms with Crippen LogP contribution in [0.25, 0.3) is 0 Å². The predicted molar refractivity (Wildman–Crippen MR) is 78.8 cm³/mol. The van der Waals surface area contributed by atoms with Gasteiger partial charge in [-0.15, -0.1) is 0 Å². The number of carboxylic acids is 1.